The predicted molar refractivity (Wildman–Crippen MR) is 66.0 cm³/mol. The second kappa shape index (κ2) is 6.91. The lowest BCUT2D eigenvalue weighted by atomic mass is 10.1. The third-order valence-corrected chi connectivity index (χ3v) is 2.41. The summed E-state index contributed by atoms with van der Waals surface area (Å²) in [5.41, 5.74) is 1.01. The fraction of sp³-hybridized carbons (Fsp3) is 0.462. The van der Waals surface area contributed by atoms with Crippen molar-refractivity contribution in [3.8, 4) is 5.75 Å². The summed E-state index contributed by atoms with van der Waals surface area (Å²) in [5.74, 6) is 0.676. The molecule has 0 aliphatic heterocycles. The fourth-order valence-electron chi connectivity index (χ4n) is 1.47. The minimum atomic E-state index is -0.109. The van der Waals surface area contributed by atoms with Crippen molar-refractivity contribution in [2.45, 2.75) is 19.9 Å². The first-order chi connectivity index (χ1) is 8.17. The third-order valence-electron chi connectivity index (χ3n) is 2.41. The highest BCUT2D eigenvalue weighted by Gasteiger charge is 2.09. The molecule has 1 aromatic carbocycles. The van der Waals surface area contributed by atoms with Crippen LogP contribution >= 0.6 is 0 Å². The van der Waals surface area contributed by atoms with Crippen LogP contribution in [0.3, 0.4) is 0 Å². The predicted octanol–water partition coefficient (Wildman–Crippen LogP) is 1.91. The highest BCUT2D eigenvalue weighted by atomic mass is 16.5. The van der Waals surface area contributed by atoms with Crippen LogP contribution in [0.2, 0.25) is 0 Å². The summed E-state index contributed by atoms with van der Waals surface area (Å²) in [6, 6.07) is 7.58. The molecule has 0 radical (unpaired) electrons. The van der Waals surface area contributed by atoms with E-state index in [1.807, 2.05) is 38.1 Å². The maximum absolute atomic E-state index is 11.5. The van der Waals surface area contributed by atoms with E-state index in [0.717, 1.165) is 11.3 Å². The standard InChI is InChI=1S/C13H19NO3/c1-4-17-9-13(15)14-10(2)11-6-5-7-12(8-11)16-3/h5-8,10H,4,9H2,1-3H3,(H,14,15)/t10-/m0/s1. The van der Waals surface area contributed by atoms with Crippen LogP contribution in [0.5, 0.6) is 5.75 Å². The van der Waals surface area contributed by atoms with Crippen LogP contribution in [0.25, 0.3) is 0 Å². The number of amides is 1. The lowest BCUT2D eigenvalue weighted by molar-refractivity contribution is -0.126. The van der Waals surface area contributed by atoms with Gasteiger partial charge in [0.05, 0.1) is 13.2 Å². The Bertz CT molecular complexity index is 365. The van der Waals surface area contributed by atoms with Gasteiger partial charge in [-0.1, -0.05) is 12.1 Å². The number of benzene rings is 1. The quantitative estimate of drug-likeness (QED) is 0.822. The van der Waals surface area contributed by atoms with E-state index >= 15 is 0 Å². The van der Waals surface area contributed by atoms with Crippen LogP contribution in [0.4, 0.5) is 0 Å². The average molecular weight is 237 g/mol. The largest absolute Gasteiger partial charge is 0.497 e. The van der Waals surface area contributed by atoms with Crippen molar-refractivity contribution in [2.24, 2.45) is 0 Å². The highest BCUT2D eigenvalue weighted by molar-refractivity contribution is 5.77. The molecule has 1 amide bonds. The van der Waals surface area contributed by atoms with Gasteiger partial charge in [-0.15, -0.1) is 0 Å². The molecule has 4 heteroatoms. The first kappa shape index (κ1) is 13.5. The molecule has 0 spiro atoms. The molecule has 0 saturated carbocycles. The number of rotatable bonds is 6. The van der Waals surface area contributed by atoms with E-state index in [-0.39, 0.29) is 18.6 Å². The van der Waals surface area contributed by atoms with Crippen molar-refractivity contribution in [1.29, 1.82) is 0 Å². The summed E-state index contributed by atoms with van der Waals surface area (Å²) < 4.78 is 10.2. The molecule has 0 unspecified atom stereocenters. The summed E-state index contributed by atoms with van der Waals surface area (Å²) >= 11 is 0. The van der Waals surface area contributed by atoms with E-state index in [9.17, 15) is 4.79 Å². The van der Waals surface area contributed by atoms with Crippen molar-refractivity contribution in [3.63, 3.8) is 0 Å². The number of carbonyl (C=O) groups is 1. The third kappa shape index (κ3) is 4.44. The van der Waals surface area contributed by atoms with Crippen molar-refractivity contribution in [2.75, 3.05) is 20.3 Å². The molecule has 1 aromatic rings. The Morgan fingerprint density at radius 1 is 1.47 bits per heavy atom. The Morgan fingerprint density at radius 2 is 2.24 bits per heavy atom. The number of ether oxygens (including phenoxy) is 2. The van der Waals surface area contributed by atoms with Gasteiger partial charge in [0.15, 0.2) is 0 Å². The first-order valence-electron chi connectivity index (χ1n) is 5.68. The molecule has 94 valence electrons. The normalized spacial score (nSPS) is 11.9. The van der Waals surface area contributed by atoms with Crippen LogP contribution in [0.15, 0.2) is 24.3 Å². The molecule has 1 rings (SSSR count). The first-order valence-corrected chi connectivity index (χ1v) is 5.68. The lowest BCUT2D eigenvalue weighted by Gasteiger charge is -2.15. The molecule has 0 bridgehead atoms. The summed E-state index contributed by atoms with van der Waals surface area (Å²) in [6.07, 6.45) is 0. The van der Waals surface area contributed by atoms with Crippen molar-refractivity contribution >= 4 is 5.91 Å². The Kier molecular flexibility index (Phi) is 5.49. The van der Waals surface area contributed by atoms with Gasteiger partial charge < -0.3 is 14.8 Å². The van der Waals surface area contributed by atoms with E-state index in [0.29, 0.717) is 6.61 Å². The zero-order valence-corrected chi connectivity index (χ0v) is 10.5. The second-order valence-electron chi connectivity index (χ2n) is 3.70. The molecule has 1 N–H and O–H groups in total. The SMILES string of the molecule is CCOCC(=O)N[C@@H](C)c1cccc(OC)c1. The Labute approximate surface area is 102 Å². The Morgan fingerprint density at radius 3 is 2.88 bits per heavy atom. The number of methoxy groups -OCH3 is 1. The minimum absolute atomic E-state index is 0.0574. The maximum atomic E-state index is 11.5. The molecule has 17 heavy (non-hydrogen) atoms. The fourth-order valence-corrected chi connectivity index (χ4v) is 1.47. The van der Waals surface area contributed by atoms with Crippen molar-refractivity contribution in [3.05, 3.63) is 29.8 Å². The van der Waals surface area contributed by atoms with Gasteiger partial charge in [0.1, 0.15) is 12.4 Å². The van der Waals surface area contributed by atoms with Crippen LogP contribution in [0.1, 0.15) is 25.5 Å². The topological polar surface area (TPSA) is 47.6 Å². The molecular weight excluding hydrogens is 218 g/mol. The Hall–Kier alpha value is -1.55. The Balaban J connectivity index is 2.56. The van der Waals surface area contributed by atoms with E-state index in [2.05, 4.69) is 5.32 Å². The van der Waals surface area contributed by atoms with Crippen molar-refractivity contribution < 1.29 is 14.3 Å². The summed E-state index contributed by atoms with van der Waals surface area (Å²) in [4.78, 5) is 11.5. The van der Waals surface area contributed by atoms with Crippen molar-refractivity contribution in [1.82, 2.24) is 5.32 Å². The molecule has 0 heterocycles. The summed E-state index contributed by atoms with van der Waals surface area (Å²) in [7, 11) is 1.62. The van der Waals surface area contributed by atoms with E-state index in [4.69, 9.17) is 9.47 Å². The number of carbonyl (C=O) groups excluding carboxylic acids is 1. The zero-order chi connectivity index (χ0) is 12.7. The molecule has 4 nitrogen and oxygen atoms in total. The second-order valence-corrected chi connectivity index (χ2v) is 3.70. The zero-order valence-electron chi connectivity index (χ0n) is 10.5. The lowest BCUT2D eigenvalue weighted by Crippen LogP contribution is -2.30. The highest BCUT2D eigenvalue weighted by Crippen LogP contribution is 2.18. The maximum Gasteiger partial charge on any atom is 0.246 e. The summed E-state index contributed by atoms with van der Waals surface area (Å²) in [5, 5.41) is 2.86. The molecule has 0 aromatic heterocycles. The van der Waals surface area contributed by atoms with Crippen LogP contribution in [0, 0.1) is 0 Å². The monoisotopic (exact) mass is 237 g/mol. The molecular formula is C13H19NO3. The van der Waals surface area contributed by atoms with Gasteiger partial charge in [-0.25, -0.2) is 0 Å². The number of hydrogen-bond acceptors (Lipinski definition) is 3. The molecule has 0 saturated heterocycles. The van der Waals surface area contributed by atoms with Gasteiger partial charge in [-0.05, 0) is 31.5 Å². The van der Waals surface area contributed by atoms with E-state index in [1.165, 1.54) is 0 Å². The van der Waals surface area contributed by atoms with Crippen LogP contribution < -0.4 is 10.1 Å². The van der Waals surface area contributed by atoms with E-state index in [1.54, 1.807) is 7.11 Å². The van der Waals surface area contributed by atoms with Gasteiger partial charge >= 0.3 is 0 Å². The van der Waals surface area contributed by atoms with E-state index < -0.39 is 0 Å². The average Bonchev–Trinajstić information content (AvgIpc) is 2.36. The number of hydrogen-bond donors (Lipinski definition) is 1. The molecule has 0 aliphatic carbocycles. The molecule has 0 aliphatic rings. The molecule has 1 atom stereocenters. The van der Waals surface area contributed by atoms with Crippen LogP contribution in [-0.2, 0) is 9.53 Å². The van der Waals surface area contributed by atoms with Gasteiger partial charge in [-0.3, -0.25) is 4.79 Å². The number of nitrogens with one attached hydrogen (secondary N) is 1. The van der Waals surface area contributed by atoms with Gasteiger partial charge in [0.2, 0.25) is 5.91 Å². The van der Waals surface area contributed by atoms with Gasteiger partial charge in [0.25, 0.3) is 0 Å². The minimum Gasteiger partial charge on any atom is -0.497 e. The summed E-state index contributed by atoms with van der Waals surface area (Å²) in [6.45, 7) is 4.43. The molecule has 0 fully saturated rings. The smallest absolute Gasteiger partial charge is 0.246 e. The van der Waals surface area contributed by atoms with Crippen LogP contribution in [-0.4, -0.2) is 26.2 Å². The van der Waals surface area contributed by atoms with Gasteiger partial charge in [0, 0.05) is 6.61 Å². The van der Waals surface area contributed by atoms with Gasteiger partial charge in [-0.2, -0.15) is 0 Å².